The molecule has 1 aromatic carbocycles. The van der Waals surface area contributed by atoms with E-state index in [1.54, 1.807) is 20.5 Å². The minimum Gasteiger partial charge on any atom is -0.297 e. The SMILES string of the molecule is CCn1c(=O)n(Cc2cn3ccsc3n2)c2ccccc21. The lowest BCUT2D eigenvalue weighted by molar-refractivity contribution is 0.679. The minimum absolute atomic E-state index is 0.0232. The molecule has 0 radical (unpaired) electrons. The van der Waals surface area contributed by atoms with Gasteiger partial charge in [-0.05, 0) is 19.1 Å². The van der Waals surface area contributed by atoms with Gasteiger partial charge in [0.15, 0.2) is 4.96 Å². The molecule has 0 bridgehead atoms. The van der Waals surface area contributed by atoms with Gasteiger partial charge in [-0.25, -0.2) is 9.78 Å². The number of nitrogens with zero attached hydrogens (tertiary/aromatic N) is 4. The summed E-state index contributed by atoms with van der Waals surface area (Å²) in [6, 6.07) is 7.90. The van der Waals surface area contributed by atoms with Crippen LogP contribution in [0.4, 0.5) is 0 Å². The summed E-state index contributed by atoms with van der Waals surface area (Å²) in [5, 5.41) is 2.00. The summed E-state index contributed by atoms with van der Waals surface area (Å²) in [4.78, 5) is 18.1. The molecule has 0 unspecified atom stereocenters. The summed E-state index contributed by atoms with van der Waals surface area (Å²) in [6.45, 7) is 3.16. The molecule has 0 aliphatic rings. The maximum Gasteiger partial charge on any atom is 0.329 e. The van der Waals surface area contributed by atoms with E-state index in [1.165, 1.54) is 0 Å². The lowest BCUT2D eigenvalue weighted by atomic mass is 10.3. The minimum atomic E-state index is 0.0232. The van der Waals surface area contributed by atoms with Crippen LogP contribution in [0.25, 0.3) is 16.0 Å². The highest BCUT2D eigenvalue weighted by Gasteiger charge is 2.13. The lowest BCUT2D eigenvalue weighted by Crippen LogP contribution is -2.24. The van der Waals surface area contributed by atoms with Crippen LogP contribution in [0.2, 0.25) is 0 Å². The number of imidazole rings is 2. The summed E-state index contributed by atoms with van der Waals surface area (Å²) >= 11 is 1.60. The van der Waals surface area contributed by atoms with Gasteiger partial charge in [0.1, 0.15) is 0 Å². The Bertz CT molecular complexity index is 960. The van der Waals surface area contributed by atoms with Crippen molar-refractivity contribution in [3.63, 3.8) is 0 Å². The van der Waals surface area contributed by atoms with Crippen molar-refractivity contribution in [2.24, 2.45) is 0 Å². The number of fused-ring (bicyclic) bond motifs is 2. The zero-order valence-corrected chi connectivity index (χ0v) is 12.4. The number of benzene rings is 1. The molecule has 106 valence electrons. The van der Waals surface area contributed by atoms with Gasteiger partial charge in [0.2, 0.25) is 0 Å². The maximum atomic E-state index is 12.6. The third-order valence-corrected chi connectivity index (χ3v) is 4.48. The fraction of sp³-hybridized carbons (Fsp3) is 0.200. The Morgan fingerprint density at radius 3 is 2.67 bits per heavy atom. The molecule has 0 fully saturated rings. The van der Waals surface area contributed by atoms with Crippen molar-refractivity contribution in [2.75, 3.05) is 0 Å². The summed E-state index contributed by atoms with van der Waals surface area (Å²) < 4.78 is 5.59. The molecule has 4 rings (SSSR count). The van der Waals surface area contributed by atoms with Gasteiger partial charge in [0, 0.05) is 24.3 Å². The molecule has 3 heterocycles. The number of thiazole rings is 1. The Morgan fingerprint density at radius 2 is 1.95 bits per heavy atom. The van der Waals surface area contributed by atoms with Crippen LogP contribution in [-0.2, 0) is 13.1 Å². The van der Waals surface area contributed by atoms with Crippen molar-refractivity contribution in [1.82, 2.24) is 18.5 Å². The molecular weight excluding hydrogens is 284 g/mol. The van der Waals surface area contributed by atoms with Crippen molar-refractivity contribution in [2.45, 2.75) is 20.0 Å². The van der Waals surface area contributed by atoms with E-state index in [1.807, 2.05) is 53.4 Å². The van der Waals surface area contributed by atoms with E-state index < -0.39 is 0 Å². The Labute approximate surface area is 124 Å². The lowest BCUT2D eigenvalue weighted by Gasteiger charge is -1.99. The van der Waals surface area contributed by atoms with E-state index in [9.17, 15) is 4.79 Å². The van der Waals surface area contributed by atoms with E-state index in [0.717, 1.165) is 21.7 Å². The summed E-state index contributed by atoms with van der Waals surface area (Å²) in [5.74, 6) is 0. The monoisotopic (exact) mass is 298 g/mol. The van der Waals surface area contributed by atoms with Crippen LogP contribution in [0.5, 0.6) is 0 Å². The molecule has 0 aliphatic heterocycles. The van der Waals surface area contributed by atoms with Gasteiger partial charge in [-0.2, -0.15) is 0 Å². The normalized spacial score (nSPS) is 11.7. The van der Waals surface area contributed by atoms with Crippen LogP contribution in [0.1, 0.15) is 12.6 Å². The molecule has 0 amide bonds. The predicted octanol–water partition coefficient (Wildman–Crippen LogP) is 2.58. The van der Waals surface area contributed by atoms with Gasteiger partial charge in [0.05, 0.1) is 23.3 Å². The molecule has 5 nitrogen and oxygen atoms in total. The Hall–Kier alpha value is -2.34. The highest BCUT2D eigenvalue weighted by molar-refractivity contribution is 7.15. The average molecular weight is 298 g/mol. The fourth-order valence-corrected chi connectivity index (χ4v) is 3.46. The number of aryl methyl sites for hydroxylation is 1. The quantitative estimate of drug-likeness (QED) is 0.583. The van der Waals surface area contributed by atoms with Crippen LogP contribution < -0.4 is 5.69 Å². The van der Waals surface area contributed by atoms with Gasteiger partial charge in [-0.15, -0.1) is 11.3 Å². The summed E-state index contributed by atoms with van der Waals surface area (Å²) in [6.07, 6.45) is 3.96. The van der Waals surface area contributed by atoms with Crippen LogP contribution in [0.3, 0.4) is 0 Å². The molecule has 0 saturated heterocycles. The highest BCUT2D eigenvalue weighted by Crippen LogP contribution is 2.16. The van der Waals surface area contributed by atoms with Gasteiger partial charge < -0.3 is 0 Å². The van der Waals surface area contributed by atoms with E-state index in [0.29, 0.717) is 13.1 Å². The van der Waals surface area contributed by atoms with Crippen LogP contribution in [0, 0.1) is 0 Å². The second kappa shape index (κ2) is 4.60. The first kappa shape index (κ1) is 12.4. The van der Waals surface area contributed by atoms with Crippen LogP contribution in [-0.4, -0.2) is 18.5 Å². The molecule has 21 heavy (non-hydrogen) atoms. The first-order valence-corrected chi connectivity index (χ1v) is 7.75. The number of hydrogen-bond donors (Lipinski definition) is 0. The molecule has 0 aliphatic carbocycles. The van der Waals surface area contributed by atoms with Crippen molar-refractivity contribution in [1.29, 1.82) is 0 Å². The van der Waals surface area contributed by atoms with Crippen LogP contribution in [0.15, 0.2) is 46.8 Å². The zero-order valence-electron chi connectivity index (χ0n) is 11.6. The maximum absolute atomic E-state index is 12.6. The van der Waals surface area contributed by atoms with Gasteiger partial charge >= 0.3 is 5.69 Å². The smallest absolute Gasteiger partial charge is 0.297 e. The predicted molar refractivity (Wildman–Crippen MR) is 84.0 cm³/mol. The standard InChI is InChI=1S/C15H14N4OS/c1-2-18-12-5-3-4-6-13(12)19(15(18)20)10-11-9-17-7-8-21-14(17)16-11/h3-9H,2,10H2,1H3. The Balaban J connectivity index is 1.88. The average Bonchev–Trinajstić information content (AvgIpc) is 3.13. The summed E-state index contributed by atoms with van der Waals surface area (Å²) in [5.41, 5.74) is 2.87. The topological polar surface area (TPSA) is 44.2 Å². The van der Waals surface area contributed by atoms with Gasteiger partial charge in [0.25, 0.3) is 0 Å². The molecule has 6 heteroatoms. The van der Waals surface area contributed by atoms with Crippen molar-refractivity contribution >= 4 is 27.3 Å². The summed E-state index contributed by atoms with van der Waals surface area (Å²) in [7, 11) is 0. The van der Waals surface area contributed by atoms with Crippen molar-refractivity contribution in [3.05, 3.63) is 58.2 Å². The number of aromatic nitrogens is 4. The molecule has 3 aromatic heterocycles. The highest BCUT2D eigenvalue weighted by atomic mass is 32.1. The largest absolute Gasteiger partial charge is 0.329 e. The molecule has 4 aromatic rings. The number of rotatable bonds is 3. The van der Waals surface area contributed by atoms with E-state index in [2.05, 4.69) is 4.98 Å². The Kier molecular flexibility index (Phi) is 2.71. The first-order valence-electron chi connectivity index (χ1n) is 6.87. The van der Waals surface area contributed by atoms with E-state index >= 15 is 0 Å². The van der Waals surface area contributed by atoms with Crippen molar-refractivity contribution in [3.8, 4) is 0 Å². The number of para-hydroxylation sites is 2. The van der Waals surface area contributed by atoms with Crippen molar-refractivity contribution < 1.29 is 0 Å². The molecule has 0 saturated carbocycles. The zero-order chi connectivity index (χ0) is 14.4. The number of hydrogen-bond acceptors (Lipinski definition) is 3. The molecular formula is C15H14N4OS. The Morgan fingerprint density at radius 1 is 1.19 bits per heavy atom. The fourth-order valence-electron chi connectivity index (χ4n) is 2.75. The molecule has 0 N–H and O–H groups in total. The van der Waals surface area contributed by atoms with Gasteiger partial charge in [-0.1, -0.05) is 12.1 Å². The second-order valence-corrected chi connectivity index (χ2v) is 5.80. The molecule has 0 atom stereocenters. The van der Waals surface area contributed by atoms with Gasteiger partial charge in [-0.3, -0.25) is 13.5 Å². The van der Waals surface area contributed by atoms with Crippen LogP contribution >= 0.6 is 11.3 Å². The first-order chi connectivity index (χ1) is 10.3. The second-order valence-electron chi connectivity index (χ2n) is 4.93. The molecule has 0 spiro atoms. The van der Waals surface area contributed by atoms with E-state index in [-0.39, 0.29) is 5.69 Å². The van der Waals surface area contributed by atoms with E-state index in [4.69, 9.17) is 0 Å². The third-order valence-electron chi connectivity index (χ3n) is 3.70. The third kappa shape index (κ3) is 1.83.